The van der Waals surface area contributed by atoms with Crippen LogP contribution in [0.4, 0.5) is 0 Å². The van der Waals surface area contributed by atoms with E-state index in [-0.39, 0.29) is 5.56 Å². The maximum atomic E-state index is 11.7. The number of ether oxygens (including phenoxy) is 2. The SMILES string of the molecule is COC(=O)c1ccc(Cn2cnccc2=O)c(OC)c1. The Bertz CT molecular complexity index is 679. The first-order valence-corrected chi connectivity index (χ1v) is 5.91. The van der Waals surface area contributed by atoms with Gasteiger partial charge in [-0.05, 0) is 12.1 Å². The number of methoxy groups -OCH3 is 2. The van der Waals surface area contributed by atoms with Gasteiger partial charge in [0.05, 0.1) is 32.7 Å². The molecular formula is C14H14N2O4. The lowest BCUT2D eigenvalue weighted by atomic mass is 10.1. The Balaban J connectivity index is 2.35. The van der Waals surface area contributed by atoms with Crippen molar-refractivity contribution in [1.82, 2.24) is 9.55 Å². The molecule has 0 aliphatic heterocycles. The van der Waals surface area contributed by atoms with Crippen molar-refractivity contribution in [3.8, 4) is 5.75 Å². The van der Waals surface area contributed by atoms with E-state index in [4.69, 9.17) is 4.74 Å². The first kappa shape index (κ1) is 13.8. The number of benzene rings is 1. The Labute approximate surface area is 115 Å². The zero-order valence-electron chi connectivity index (χ0n) is 11.2. The molecule has 0 unspecified atom stereocenters. The monoisotopic (exact) mass is 274 g/mol. The number of hydrogen-bond donors (Lipinski definition) is 0. The van der Waals surface area contributed by atoms with Crippen molar-refractivity contribution < 1.29 is 14.3 Å². The highest BCUT2D eigenvalue weighted by molar-refractivity contribution is 5.89. The lowest BCUT2D eigenvalue weighted by molar-refractivity contribution is 0.0600. The van der Waals surface area contributed by atoms with Crippen molar-refractivity contribution in [3.63, 3.8) is 0 Å². The van der Waals surface area contributed by atoms with E-state index in [9.17, 15) is 9.59 Å². The first-order valence-electron chi connectivity index (χ1n) is 5.91. The summed E-state index contributed by atoms with van der Waals surface area (Å²) in [4.78, 5) is 27.0. The molecule has 1 aromatic heterocycles. The summed E-state index contributed by atoms with van der Waals surface area (Å²) in [6.07, 6.45) is 2.90. The van der Waals surface area contributed by atoms with Crippen LogP contribution in [0.3, 0.4) is 0 Å². The van der Waals surface area contributed by atoms with Crippen molar-refractivity contribution in [1.29, 1.82) is 0 Å². The van der Waals surface area contributed by atoms with E-state index in [0.717, 1.165) is 5.56 Å². The molecule has 0 aliphatic carbocycles. The van der Waals surface area contributed by atoms with E-state index in [1.54, 1.807) is 18.2 Å². The third kappa shape index (κ3) is 2.85. The first-order chi connectivity index (χ1) is 9.65. The van der Waals surface area contributed by atoms with Crippen LogP contribution in [0.15, 0.2) is 41.6 Å². The Morgan fingerprint density at radius 2 is 2.10 bits per heavy atom. The van der Waals surface area contributed by atoms with Crippen LogP contribution in [0, 0.1) is 0 Å². The number of carbonyl (C=O) groups is 1. The Hall–Kier alpha value is -2.63. The molecule has 104 valence electrons. The average Bonchev–Trinajstić information content (AvgIpc) is 2.49. The van der Waals surface area contributed by atoms with Crippen molar-refractivity contribution >= 4 is 5.97 Å². The molecule has 6 nitrogen and oxygen atoms in total. The van der Waals surface area contributed by atoms with Gasteiger partial charge in [0, 0.05) is 17.8 Å². The zero-order chi connectivity index (χ0) is 14.5. The van der Waals surface area contributed by atoms with Gasteiger partial charge in [0.2, 0.25) is 0 Å². The van der Waals surface area contributed by atoms with Gasteiger partial charge in [-0.25, -0.2) is 9.78 Å². The third-order valence-electron chi connectivity index (χ3n) is 2.84. The summed E-state index contributed by atoms with van der Waals surface area (Å²) in [5.41, 5.74) is 1.01. The van der Waals surface area contributed by atoms with Gasteiger partial charge >= 0.3 is 5.97 Å². The van der Waals surface area contributed by atoms with Crippen LogP contribution in [-0.4, -0.2) is 29.7 Å². The second-order valence-electron chi connectivity index (χ2n) is 4.06. The van der Waals surface area contributed by atoms with Gasteiger partial charge in [-0.1, -0.05) is 6.07 Å². The van der Waals surface area contributed by atoms with Crippen molar-refractivity contribution in [3.05, 3.63) is 58.3 Å². The van der Waals surface area contributed by atoms with Crippen molar-refractivity contribution in [2.45, 2.75) is 6.54 Å². The van der Waals surface area contributed by atoms with Gasteiger partial charge in [0.25, 0.3) is 5.56 Å². The molecule has 0 amide bonds. The van der Waals surface area contributed by atoms with E-state index in [1.165, 1.54) is 37.4 Å². The lowest BCUT2D eigenvalue weighted by Crippen LogP contribution is -2.19. The van der Waals surface area contributed by atoms with Crippen molar-refractivity contribution in [2.24, 2.45) is 0 Å². The summed E-state index contributed by atoms with van der Waals surface area (Å²) in [6.45, 7) is 0.317. The smallest absolute Gasteiger partial charge is 0.337 e. The molecule has 0 spiro atoms. The third-order valence-corrected chi connectivity index (χ3v) is 2.84. The molecule has 0 radical (unpaired) electrons. The van der Waals surface area contributed by atoms with Crippen LogP contribution in [0.1, 0.15) is 15.9 Å². The number of nitrogens with zero attached hydrogens (tertiary/aromatic N) is 2. The molecule has 20 heavy (non-hydrogen) atoms. The van der Waals surface area contributed by atoms with Gasteiger partial charge in [0.15, 0.2) is 0 Å². The van der Waals surface area contributed by atoms with Crippen LogP contribution in [0.2, 0.25) is 0 Å². The fraction of sp³-hybridized carbons (Fsp3) is 0.214. The second kappa shape index (κ2) is 6.01. The second-order valence-corrected chi connectivity index (χ2v) is 4.06. The maximum Gasteiger partial charge on any atom is 0.337 e. The highest BCUT2D eigenvalue weighted by atomic mass is 16.5. The molecule has 0 aliphatic rings. The van der Waals surface area contributed by atoms with Gasteiger partial charge in [-0.15, -0.1) is 0 Å². The predicted octanol–water partition coefficient (Wildman–Crippen LogP) is 1.09. The summed E-state index contributed by atoms with van der Waals surface area (Å²) in [5.74, 6) is 0.0806. The van der Waals surface area contributed by atoms with E-state index in [2.05, 4.69) is 9.72 Å². The quantitative estimate of drug-likeness (QED) is 0.780. The Morgan fingerprint density at radius 3 is 2.75 bits per heavy atom. The Morgan fingerprint density at radius 1 is 1.30 bits per heavy atom. The molecule has 0 fully saturated rings. The fourth-order valence-corrected chi connectivity index (χ4v) is 1.80. The summed E-state index contributed by atoms with van der Waals surface area (Å²) in [6, 6.07) is 6.33. The van der Waals surface area contributed by atoms with E-state index >= 15 is 0 Å². The molecular weight excluding hydrogens is 260 g/mol. The normalized spacial score (nSPS) is 10.1. The van der Waals surface area contributed by atoms with Crippen LogP contribution in [0.5, 0.6) is 5.75 Å². The highest BCUT2D eigenvalue weighted by Gasteiger charge is 2.11. The molecule has 0 saturated heterocycles. The summed E-state index contributed by atoms with van der Waals surface area (Å²) >= 11 is 0. The minimum atomic E-state index is -0.437. The topological polar surface area (TPSA) is 70.4 Å². The summed E-state index contributed by atoms with van der Waals surface area (Å²) < 4.78 is 11.4. The van der Waals surface area contributed by atoms with Gasteiger partial charge in [-0.3, -0.25) is 9.36 Å². The minimum absolute atomic E-state index is 0.154. The minimum Gasteiger partial charge on any atom is -0.496 e. The highest BCUT2D eigenvalue weighted by Crippen LogP contribution is 2.21. The van der Waals surface area contributed by atoms with Crippen LogP contribution in [-0.2, 0) is 11.3 Å². The van der Waals surface area contributed by atoms with E-state index in [0.29, 0.717) is 17.9 Å². The molecule has 2 rings (SSSR count). The van der Waals surface area contributed by atoms with Crippen LogP contribution in [0.25, 0.3) is 0 Å². The zero-order valence-corrected chi connectivity index (χ0v) is 11.2. The van der Waals surface area contributed by atoms with Gasteiger partial charge in [0.1, 0.15) is 5.75 Å². The molecule has 0 bridgehead atoms. The molecule has 6 heteroatoms. The maximum absolute atomic E-state index is 11.7. The molecule has 1 aromatic carbocycles. The fourth-order valence-electron chi connectivity index (χ4n) is 1.80. The largest absolute Gasteiger partial charge is 0.496 e. The summed E-state index contributed by atoms with van der Waals surface area (Å²) in [5, 5.41) is 0. The average molecular weight is 274 g/mol. The van der Waals surface area contributed by atoms with Gasteiger partial charge < -0.3 is 9.47 Å². The number of carbonyl (C=O) groups excluding carboxylic acids is 1. The lowest BCUT2D eigenvalue weighted by Gasteiger charge is -2.11. The van der Waals surface area contributed by atoms with Gasteiger partial charge in [-0.2, -0.15) is 0 Å². The summed E-state index contributed by atoms with van der Waals surface area (Å²) in [7, 11) is 2.82. The number of rotatable bonds is 4. The number of esters is 1. The van der Waals surface area contributed by atoms with Crippen molar-refractivity contribution in [2.75, 3.05) is 14.2 Å². The molecule has 0 atom stereocenters. The van der Waals surface area contributed by atoms with E-state index < -0.39 is 5.97 Å². The molecule has 0 N–H and O–H groups in total. The number of aromatic nitrogens is 2. The molecule has 1 heterocycles. The number of hydrogen-bond acceptors (Lipinski definition) is 5. The standard InChI is InChI=1S/C14H14N2O4/c1-19-12-7-10(14(18)20-2)3-4-11(12)8-16-9-15-6-5-13(16)17/h3-7,9H,8H2,1-2H3. The predicted molar refractivity (Wildman–Crippen MR) is 71.9 cm³/mol. The van der Waals surface area contributed by atoms with Crippen LogP contribution < -0.4 is 10.3 Å². The molecule has 2 aromatic rings. The molecule has 0 saturated carbocycles. The van der Waals surface area contributed by atoms with E-state index in [1.807, 2.05) is 0 Å². The van der Waals surface area contributed by atoms with Crippen LogP contribution >= 0.6 is 0 Å². The Kier molecular flexibility index (Phi) is 4.14.